The first kappa shape index (κ1) is 24.4. The van der Waals surface area contributed by atoms with Crippen molar-refractivity contribution in [3.05, 3.63) is 36.0 Å². The van der Waals surface area contributed by atoms with Crippen LogP contribution in [-0.4, -0.2) is 33.6 Å². The second-order valence-corrected chi connectivity index (χ2v) is 10.8. The lowest BCUT2D eigenvalue weighted by Gasteiger charge is -2.46. The first-order valence-corrected chi connectivity index (χ1v) is 11.5. The average Bonchev–Trinajstić information content (AvgIpc) is 2.87. The van der Waals surface area contributed by atoms with Crippen molar-refractivity contribution in [2.45, 2.75) is 98.4 Å². The van der Waals surface area contributed by atoms with E-state index < -0.39 is 12.2 Å². The molecule has 0 radical (unpaired) electrons. The van der Waals surface area contributed by atoms with E-state index in [1.54, 1.807) is 0 Å². The molecule has 3 N–H and O–H groups in total. The van der Waals surface area contributed by atoms with Crippen molar-refractivity contribution in [2.75, 3.05) is 0 Å². The Hall–Kier alpha value is -0.900. The summed E-state index contributed by atoms with van der Waals surface area (Å²) < 4.78 is 0. The molecule has 3 nitrogen and oxygen atoms in total. The molecular formula is C26H44O3. The van der Waals surface area contributed by atoms with E-state index >= 15 is 0 Å². The summed E-state index contributed by atoms with van der Waals surface area (Å²) in [5, 5.41) is 30.2. The van der Waals surface area contributed by atoms with Gasteiger partial charge in [0.25, 0.3) is 0 Å². The smallest absolute Gasteiger partial charge is 0.0811 e. The fourth-order valence-corrected chi connectivity index (χ4v) is 5.42. The van der Waals surface area contributed by atoms with Gasteiger partial charge in [-0.05, 0) is 71.8 Å². The van der Waals surface area contributed by atoms with Crippen LogP contribution >= 0.6 is 0 Å². The van der Waals surface area contributed by atoms with Crippen molar-refractivity contribution in [3.8, 4) is 0 Å². The Labute approximate surface area is 178 Å². The molecule has 2 fully saturated rings. The second kappa shape index (κ2) is 9.49. The third-order valence-corrected chi connectivity index (χ3v) is 8.53. The van der Waals surface area contributed by atoms with E-state index in [4.69, 9.17) is 0 Å². The fraction of sp³-hybridized carbons (Fsp3) is 0.769. The van der Waals surface area contributed by atoms with Crippen LogP contribution in [0.25, 0.3) is 0 Å². The zero-order chi connectivity index (χ0) is 22.0. The molecule has 6 atom stereocenters. The van der Waals surface area contributed by atoms with Gasteiger partial charge >= 0.3 is 0 Å². The van der Waals surface area contributed by atoms with Crippen LogP contribution in [0.3, 0.4) is 0 Å². The number of hydrogen-bond donors (Lipinski definition) is 3. The van der Waals surface area contributed by atoms with Gasteiger partial charge in [-0.2, -0.15) is 0 Å². The zero-order valence-corrected chi connectivity index (χ0v) is 19.5. The summed E-state index contributed by atoms with van der Waals surface area (Å²) >= 11 is 0. The summed E-state index contributed by atoms with van der Waals surface area (Å²) in [7, 11) is 0. The van der Waals surface area contributed by atoms with Crippen LogP contribution in [0.15, 0.2) is 36.0 Å². The lowest BCUT2D eigenvalue weighted by molar-refractivity contribution is 0.0277. The summed E-state index contributed by atoms with van der Waals surface area (Å²) in [5.41, 5.74) is 2.12. The molecule has 29 heavy (non-hydrogen) atoms. The highest BCUT2D eigenvalue weighted by atomic mass is 16.3. The molecule has 3 heteroatoms. The summed E-state index contributed by atoms with van der Waals surface area (Å²) in [6, 6.07) is 0. The van der Waals surface area contributed by atoms with Gasteiger partial charge in [0, 0.05) is 6.42 Å². The minimum absolute atomic E-state index is 0.173. The van der Waals surface area contributed by atoms with Crippen LogP contribution in [0.5, 0.6) is 0 Å². The summed E-state index contributed by atoms with van der Waals surface area (Å²) in [5.74, 6) is 1.38. The molecule has 0 amide bonds. The summed E-state index contributed by atoms with van der Waals surface area (Å²) in [4.78, 5) is 0. The molecule has 2 aliphatic rings. The SMILES string of the molecule is C=C1C(=CC=C[C@@H]2CC[C@](C)([C@@H](C)CC[C@@H](O)C(C)C)C2(C)C)C[C@@H](O)C[C@@H]1O. The first-order valence-electron chi connectivity index (χ1n) is 11.5. The third-order valence-electron chi connectivity index (χ3n) is 8.53. The van der Waals surface area contributed by atoms with E-state index in [9.17, 15) is 15.3 Å². The van der Waals surface area contributed by atoms with E-state index in [1.165, 1.54) is 12.8 Å². The van der Waals surface area contributed by atoms with E-state index in [-0.39, 0.29) is 16.9 Å². The molecule has 0 aromatic rings. The Morgan fingerprint density at radius 2 is 1.79 bits per heavy atom. The molecular weight excluding hydrogens is 360 g/mol. The Kier molecular flexibility index (Phi) is 7.98. The van der Waals surface area contributed by atoms with Gasteiger partial charge in [-0.1, -0.05) is 66.3 Å². The highest BCUT2D eigenvalue weighted by Gasteiger charge is 2.52. The van der Waals surface area contributed by atoms with Crippen LogP contribution in [0.4, 0.5) is 0 Å². The van der Waals surface area contributed by atoms with Gasteiger partial charge in [0.05, 0.1) is 18.3 Å². The van der Waals surface area contributed by atoms with Crippen molar-refractivity contribution in [1.29, 1.82) is 0 Å². The Balaban J connectivity index is 2.06. The second-order valence-electron chi connectivity index (χ2n) is 10.8. The monoisotopic (exact) mass is 404 g/mol. The predicted molar refractivity (Wildman–Crippen MR) is 121 cm³/mol. The molecule has 0 bridgehead atoms. The fourth-order valence-electron chi connectivity index (χ4n) is 5.42. The van der Waals surface area contributed by atoms with Crippen molar-refractivity contribution in [3.63, 3.8) is 0 Å². The lowest BCUT2D eigenvalue weighted by Crippen LogP contribution is -2.39. The Morgan fingerprint density at radius 3 is 2.41 bits per heavy atom. The van der Waals surface area contributed by atoms with E-state index in [0.29, 0.717) is 30.6 Å². The maximum absolute atomic E-state index is 10.2. The highest BCUT2D eigenvalue weighted by molar-refractivity contribution is 5.37. The Morgan fingerprint density at radius 1 is 1.14 bits per heavy atom. The standard InChI is InChI=1S/C26H44O3/c1-17(2)23(28)12-11-18(3)26(7)14-13-21(25(26,5)6)10-8-9-20-15-22(27)16-24(29)19(20)4/h8-10,17-18,21-24,27-29H,4,11-16H2,1-3,5-7H3/t18-,21+,22+,23+,24-,26+/m0/s1. The molecule has 2 aliphatic carbocycles. The number of hydrogen-bond acceptors (Lipinski definition) is 3. The number of aliphatic hydroxyl groups excluding tert-OH is 3. The maximum Gasteiger partial charge on any atom is 0.0811 e. The van der Waals surface area contributed by atoms with Crippen LogP contribution in [0.1, 0.15) is 80.1 Å². The molecule has 2 saturated carbocycles. The van der Waals surface area contributed by atoms with Crippen LogP contribution < -0.4 is 0 Å². The van der Waals surface area contributed by atoms with Crippen LogP contribution in [-0.2, 0) is 0 Å². The van der Waals surface area contributed by atoms with Crippen molar-refractivity contribution >= 4 is 0 Å². The predicted octanol–water partition coefficient (Wildman–Crippen LogP) is 5.42. The van der Waals surface area contributed by atoms with Crippen molar-refractivity contribution < 1.29 is 15.3 Å². The van der Waals surface area contributed by atoms with E-state index in [1.807, 2.05) is 6.08 Å². The lowest BCUT2D eigenvalue weighted by atomic mass is 9.59. The molecule has 0 aromatic heterocycles. The largest absolute Gasteiger partial charge is 0.393 e. The molecule has 166 valence electrons. The summed E-state index contributed by atoms with van der Waals surface area (Å²) in [6.07, 6.45) is 10.4. The van der Waals surface area contributed by atoms with Crippen LogP contribution in [0, 0.1) is 28.6 Å². The van der Waals surface area contributed by atoms with Gasteiger partial charge < -0.3 is 15.3 Å². The van der Waals surface area contributed by atoms with Gasteiger partial charge in [-0.15, -0.1) is 0 Å². The molecule has 0 saturated heterocycles. The van der Waals surface area contributed by atoms with Crippen LogP contribution in [0.2, 0.25) is 0 Å². The minimum Gasteiger partial charge on any atom is -0.393 e. The molecule has 0 spiro atoms. The van der Waals surface area contributed by atoms with Crippen molar-refractivity contribution in [1.82, 2.24) is 0 Å². The number of allylic oxidation sites excluding steroid dienone is 3. The number of rotatable bonds is 7. The topological polar surface area (TPSA) is 60.7 Å². The molecule has 0 aromatic carbocycles. The van der Waals surface area contributed by atoms with Gasteiger partial charge in [0.2, 0.25) is 0 Å². The first-order chi connectivity index (χ1) is 13.4. The maximum atomic E-state index is 10.2. The van der Waals surface area contributed by atoms with Gasteiger partial charge in [-0.25, -0.2) is 0 Å². The minimum atomic E-state index is -0.633. The Bertz CT molecular complexity index is 630. The molecule has 0 aliphatic heterocycles. The van der Waals surface area contributed by atoms with E-state index in [2.05, 4.69) is 60.3 Å². The third kappa shape index (κ3) is 5.24. The normalized spacial score (nSPS) is 36.3. The molecule has 0 unspecified atom stereocenters. The van der Waals surface area contributed by atoms with Gasteiger partial charge in [0.15, 0.2) is 0 Å². The van der Waals surface area contributed by atoms with Gasteiger partial charge in [0.1, 0.15) is 0 Å². The quantitative estimate of drug-likeness (QED) is 0.531. The zero-order valence-electron chi connectivity index (χ0n) is 19.5. The van der Waals surface area contributed by atoms with Gasteiger partial charge in [-0.3, -0.25) is 0 Å². The van der Waals surface area contributed by atoms with Crippen molar-refractivity contribution in [2.24, 2.45) is 28.6 Å². The number of aliphatic hydroxyl groups is 3. The van der Waals surface area contributed by atoms with E-state index in [0.717, 1.165) is 24.0 Å². The highest BCUT2D eigenvalue weighted by Crippen LogP contribution is 2.60. The summed E-state index contributed by atoms with van der Waals surface area (Å²) in [6.45, 7) is 17.8. The molecule has 2 rings (SSSR count). The average molecular weight is 405 g/mol. The molecule has 0 heterocycles.